The maximum absolute atomic E-state index is 11.9. The van der Waals surface area contributed by atoms with Crippen LogP contribution in [0.15, 0.2) is 18.2 Å². The molecule has 1 saturated heterocycles. The fourth-order valence-electron chi connectivity index (χ4n) is 2.29. The molecule has 0 saturated carbocycles. The minimum atomic E-state index is -0.324. The number of amides is 1. The molecule has 0 aromatic heterocycles. The summed E-state index contributed by atoms with van der Waals surface area (Å²) in [6, 6.07) is 5.27. The van der Waals surface area contributed by atoms with Gasteiger partial charge in [0.2, 0.25) is 11.0 Å². The molecule has 1 heterocycles. The van der Waals surface area contributed by atoms with Gasteiger partial charge < -0.3 is 14.8 Å². The molecule has 21 heavy (non-hydrogen) atoms. The standard InChI is InChI=1S/C15H19NO4S/c1-19-12-5-3-4-10(14(12)20-2)6-7-13(17)16-11-8-9-21-15(11)18/h3-5,11H,6-9H2,1-2H3,(H,16,17)/t11-/m1/s1. The molecule has 2 rings (SSSR count). The molecule has 1 atom stereocenters. The van der Waals surface area contributed by atoms with Gasteiger partial charge >= 0.3 is 0 Å². The van der Waals surface area contributed by atoms with Gasteiger partial charge in [-0.1, -0.05) is 23.9 Å². The average molecular weight is 309 g/mol. The van der Waals surface area contributed by atoms with Gasteiger partial charge in [0.1, 0.15) is 0 Å². The molecule has 1 aliphatic heterocycles. The zero-order chi connectivity index (χ0) is 15.2. The average Bonchev–Trinajstić information content (AvgIpc) is 2.89. The minimum Gasteiger partial charge on any atom is -0.493 e. The van der Waals surface area contributed by atoms with Crippen LogP contribution in [0.1, 0.15) is 18.4 Å². The monoisotopic (exact) mass is 309 g/mol. The number of rotatable bonds is 6. The summed E-state index contributed by atoms with van der Waals surface area (Å²) in [5, 5.41) is 2.84. The van der Waals surface area contributed by atoms with Gasteiger partial charge in [-0.15, -0.1) is 0 Å². The number of hydrogen-bond donors (Lipinski definition) is 1. The van der Waals surface area contributed by atoms with Crippen molar-refractivity contribution in [1.82, 2.24) is 5.32 Å². The van der Waals surface area contributed by atoms with Crippen molar-refractivity contribution in [2.24, 2.45) is 0 Å². The first-order chi connectivity index (χ1) is 10.2. The molecule has 0 aliphatic carbocycles. The first-order valence-electron chi connectivity index (χ1n) is 6.81. The van der Waals surface area contributed by atoms with Crippen molar-refractivity contribution in [2.75, 3.05) is 20.0 Å². The first kappa shape index (κ1) is 15.7. The fraction of sp³-hybridized carbons (Fsp3) is 0.467. The van der Waals surface area contributed by atoms with E-state index in [4.69, 9.17) is 9.47 Å². The summed E-state index contributed by atoms with van der Waals surface area (Å²) in [6.45, 7) is 0. The summed E-state index contributed by atoms with van der Waals surface area (Å²) in [5.74, 6) is 1.98. The number of hydrogen-bond acceptors (Lipinski definition) is 5. The molecule has 6 heteroatoms. The van der Waals surface area contributed by atoms with Gasteiger partial charge in [0.15, 0.2) is 11.5 Å². The molecular weight excluding hydrogens is 290 g/mol. The highest BCUT2D eigenvalue weighted by Crippen LogP contribution is 2.31. The highest BCUT2D eigenvalue weighted by molar-refractivity contribution is 8.14. The van der Waals surface area contributed by atoms with Crippen LogP contribution in [0.3, 0.4) is 0 Å². The lowest BCUT2D eigenvalue weighted by atomic mass is 10.1. The Kier molecular flexibility index (Phi) is 5.50. The smallest absolute Gasteiger partial charge is 0.220 e. The zero-order valence-corrected chi connectivity index (χ0v) is 13.0. The summed E-state index contributed by atoms with van der Waals surface area (Å²) >= 11 is 1.28. The number of thioether (sulfide) groups is 1. The Hall–Kier alpha value is -1.69. The molecule has 1 fully saturated rings. The lowest BCUT2D eigenvalue weighted by molar-refractivity contribution is -0.124. The second-order valence-electron chi connectivity index (χ2n) is 4.73. The van der Waals surface area contributed by atoms with E-state index in [0.29, 0.717) is 24.3 Å². The Labute approximate surface area is 128 Å². The molecule has 0 spiro atoms. The molecule has 1 N–H and O–H groups in total. The van der Waals surface area contributed by atoms with Crippen molar-refractivity contribution < 1.29 is 19.1 Å². The molecule has 1 amide bonds. The van der Waals surface area contributed by atoms with Crippen LogP contribution in [0.2, 0.25) is 0 Å². The highest BCUT2D eigenvalue weighted by Gasteiger charge is 2.26. The molecule has 0 bridgehead atoms. The third-order valence-electron chi connectivity index (χ3n) is 3.38. The molecule has 1 aromatic carbocycles. The largest absolute Gasteiger partial charge is 0.493 e. The number of para-hydroxylation sites is 1. The Balaban J connectivity index is 1.93. The number of carbonyl (C=O) groups excluding carboxylic acids is 2. The highest BCUT2D eigenvalue weighted by atomic mass is 32.2. The second kappa shape index (κ2) is 7.36. The summed E-state index contributed by atoms with van der Waals surface area (Å²) in [7, 11) is 3.16. The third kappa shape index (κ3) is 3.91. The predicted octanol–water partition coefficient (Wildman–Crippen LogP) is 1.78. The van der Waals surface area contributed by atoms with Gasteiger partial charge in [0.25, 0.3) is 0 Å². The molecule has 0 unspecified atom stereocenters. The van der Waals surface area contributed by atoms with Crippen molar-refractivity contribution in [3.05, 3.63) is 23.8 Å². The Bertz CT molecular complexity index is 532. The van der Waals surface area contributed by atoms with Crippen LogP contribution < -0.4 is 14.8 Å². The Morgan fingerprint density at radius 2 is 2.19 bits per heavy atom. The summed E-state index contributed by atoms with van der Waals surface area (Å²) in [6.07, 6.45) is 1.58. The summed E-state index contributed by atoms with van der Waals surface area (Å²) in [5.41, 5.74) is 0.916. The van der Waals surface area contributed by atoms with E-state index in [0.717, 1.165) is 17.7 Å². The maximum Gasteiger partial charge on any atom is 0.220 e. The number of carbonyl (C=O) groups is 2. The SMILES string of the molecule is COc1cccc(CCC(=O)N[C@@H]2CCSC2=O)c1OC. The second-order valence-corrected chi connectivity index (χ2v) is 5.83. The quantitative estimate of drug-likeness (QED) is 0.868. The predicted molar refractivity (Wildman–Crippen MR) is 81.9 cm³/mol. The van der Waals surface area contributed by atoms with Gasteiger partial charge in [-0.25, -0.2) is 0 Å². The lowest BCUT2D eigenvalue weighted by Gasteiger charge is -2.13. The number of benzene rings is 1. The number of nitrogens with one attached hydrogen (secondary N) is 1. The number of aryl methyl sites for hydroxylation is 1. The molecule has 0 radical (unpaired) electrons. The van der Waals surface area contributed by atoms with Gasteiger partial charge in [-0.2, -0.15) is 0 Å². The van der Waals surface area contributed by atoms with E-state index in [1.54, 1.807) is 14.2 Å². The Morgan fingerprint density at radius 1 is 1.38 bits per heavy atom. The van der Waals surface area contributed by atoms with E-state index in [-0.39, 0.29) is 17.1 Å². The minimum absolute atomic E-state index is 0.0577. The van der Waals surface area contributed by atoms with Gasteiger partial charge in [-0.05, 0) is 24.5 Å². The van der Waals surface area contributed by atoms with Crippen LogP contribution in [0, 0.1) is 0 Å². The van der Waals surface area contributed by atoms with Crippen LogP contribution >= 0.6 is 11.8 Å². The molecule has 1 aliphatic rings. The summed E-state index contributed by atoms with van der Waals surface area (Å²) in [4.78, 5) is 23.4. The van der Waals surface area contributed by atoms with Crippen LogP contribution in [-0.2, 0) is 16.0 Å². The van der Waals surface area contributed by atoms with Gasteiger partial charge in [0, 0.05) is 12.2 Å². The molecule has 114 valence electrons. The Morgan fingerprint density at radius 3 is 2.81 bits per heavy atom. The normalized spacial score (nSPS) is 17.6. The number of methoxy groups -OCH3 is 2. The number of ether oxygens (including phenoxy) is 2. The van der Waals surface area contributed by atoms with Crippen LogP contribution in [0.4, 0.5) is 0 Å². The van der Waals surface area contributed by atoms with Crippen LogP contribution in [0.5, 0.6) is 11.5 Å². The van der Waals surface area contributed by atoms with E-state index in [2.05, 4.69) is 5.32 Å². The van der Waals surface area contributed by atoms with E-state index in [9.17, 15) is 9.59 Å². The summed E-state index contributed by atoms with van der Waals surface area (Å²) < 4.78 is 10.6. The van der Waals surface area contributed by atoms with Gasteiger partial charge in [-0.3, -0.25) is 9.59 Å². The van der Waals surface area contributed by atoms with Crippen molar-refractivity contribution >= 4 is 22.8 Å². The van der Waals surface area contributed by atoms with E-state index in [1.807, 2.05) is 18.2 Å². The van der Waals surface area contributed by atoms with Crippen LogP contribution in [0.25, 0.3) is 0 Å². The van der Waals surface area contributed by atoms with Crippen molar-refractivity contribution in [3.8, 4) is 11.5 Å². The lowest BCUT2D eigenvalue weighted by Crippen LogP contribution is -2.37. The van der Waals surface area contributed by atoms with E-state index in [1.165, 1.54) is 11.8 Å². The van der Waals surface area contributed by atoms with E-state index < -0.39 is 0 Å². The topological polar surface area (TPSA) is 64.6 Å². The zero-order valence-electron chi connectivity index (χ0n) is 12.2. The third-order valence-corrected chi connectivity index (χ3v) is 4.39. The van der Waals surface area contributed by atoms with Crippen molar-refractivity contribution in [2.45, 2.75) is 25.3 Å². The van der Waals surface area contributed by atoms with E-state index >= 15 is 0 Å². The van der Waals surface area contributed by atoms with Crippen LogP contribution in [-0.4, -0.2) is 37.0 Å². The molecule has 5 nitrogen and oxygen atoms in total. The molecule has 1 aromatic rings. The van der Waals surface area contributed by atoms with Gasteiger partial charge in [0.05, 0.1) is 20.3 Å². The van der Waals surface area contributed by atoms with Crippen molar-refractivity contribution in [1.29, 1.82) is 0 Å². The maximum atomic E-state index is 11.9. The van der Waals surface area contributed by atoms with Crippen molar-refractivity contribution in [3.63, 3.8) is 0 Å². The first-order valence-corrected chi connectivity index (χ1v) is 7.80. The molecular formula is C15H19NO4S. The fourth-order valence-corrected chi connectivity index (χ4v) is 3.22.